The Kier molecular flexibility index (Phi) is 4.28. The van der Waals surface area contributed by atoms with Crippen molar-refractivity contribution in [2.45, 2.75) is 39.5 Å². The molecule has 0 radical (unpaired) electrons. The normalized spacial score (nSPS) is 15.1. The Morgan fingerprint density at radius 3 is 3.00 bits per heavy atom. The van der Waals surface area contributed by atoms with Crippen molar-refractivity contribution in [2.75, 3.05) is 6.61 Å². The SMILES string of the molecule is CCCC(C)C(=O)Cc1cc(Cl)cc2c1OCC2. The highest BCUT2D eigenvalue weighted by atomic mass is 35.5. The molecule has 1 aromatic rings. The Bertz CT molecular complexity index is 454. The number of hydrogen-bond donors (Lipinski definition) is 0. The highest BCUT2D eigenvalue weighted by Gasteiger charge is 2.21. The second-order valence-electron chi connectivity index (χ2n) is 4.98. The predicted octanol–water partition coefficient (Wildman–Crippen LogP) is 3.82. The number of rotatable bonds is 5. The van der Waals surface area contributed by atoms with Gasteiger partial charge in [0.15, 0.2) is 0 Å². The lowest BCUT2D eigenvalue weighted by Crippen LogP contribution is -2.14. The molecule has 1 aliphatic rings. The third kappa shape index (κ3) is 2.86. The molecular weight excluding hydrogens is 248 g/mol. The first-order valence-electron chi connectivity index (χ1n) is 6.58. The third-order valence-corrected chi connectivity index (χ3v) is 3.68. The van der Waals surface area contributed by atoms with Crippen molar-refractivity contribution >= 4 is 17.4 Å². The maximum Gasteiger partial charge on any atom is 0.140 e. The first-order valence-corrected chi connectivity index (χ1v) is 6.96. The van der Waals surface area contributed by atoms with Crippen LogP contribution in [0, 0.1) is 5.92 Å². The van der Waals surface area contributed by atoms with Crippen LogP contribution in [-0.2, 0) is 17.6 Å². The van der Waals surface area contributed by atoms with Crippen LogP contribution in [0.5, 0.6) is 5.75 Å². The minimum atomic E-state index is 0.117. The molecule has 0 aromatic heterocycles. The van der Waals surface area contributed by atoms with Crippen molar-refractivity contribution in [2.24, 2.45) is 5.92 Å². The standard InChI is InChI=1S/C15H19ClO2/c1-3-4-10(2)14(17)9-12-8-13(16)7-11-5-6-18-15(11)12/h7-8,10H,3-6,9H2,1-2H3. The highest BCUT2D eigenvalue weighted by molar-refractivity contribution is 6.30. The fraction of sp³-hybridized carbons (Fsp3) is 0.533. The molecule has 2 rings (SSSR count). The van der Waals surface area contributed by atoms with Gasteiger partial charge in [0.1, 0.15) is 11.5 Å². The molecule has 0 bridgehead atoms. The van der Waals surface area contributed by atoms with Gasteiger partial charge >= 0.3 is 0 Å². The average molecular weight is 267 g/mol. The molecule has 0 saturated carbocycles. The zero-order valence-corrected chi connectivity index (χ0v) is 11.7. The number of ether oxygens (including phenoxy) is 1. The predicted molar refractivity (Wildman–Crippen MR) is 73.4 cm³/mol. The Morgan fingerprint density at radius 1 is 1.50 bits per heavy atom. The smallest absolute Gasteiger partial charge is 0.140 e. The number of benzene rings is 1. The fourth-order valence-corrected chi connectivity index (χ4v) is 2.70. The lowest BCUT2D eigenvalue weighted by molar-refractivity contribution is -0.121. The van der Waals surface area contributed by atoms with E-state index < -0.39 is 0 Å². The minimum Gasteiger partial charge on any atom is -0.493 e. The molecule has 1 aliphatic heterocycles. The number of carbonyl (C=O) groups is 1. The first kappa shape index (κ1) is 13.4. The van der Waals surface area contributed by atoms with E-state index in [9.17, 15) is 4.79 Å². The second kappa shape index (κ2) is 5.75. The van der Waals surface area contributed by atoms with Gasteiger partial charge in [-0.25, -0.2) is 0 Å². The van der Waals surface area contributed by atoms with Gasteiger partial charge in [-0.1, -0.05) is 31.9 Å². The van der Waals surface area contributed by atoms with Crippen molar-refractivity contribution in [3.63, 3.8) is 0 Å². The summed E-state index contributed by atoms with van der Waals surface area (Å²) in [6.45, 7) is 4.79. The average Bonchev–Trinajstić information content (AvgIpc) is 2.77. The van der Waals surface area contributed by atoms with Crippen LogP contribution in [0.3, 0.4) is 0 Å². The molecule has 2 nitrogen and oxygen atoms in total. The summed E-state index contributed by atoms with van der Waals surface area (Å²) in [6.07, 6.45) is 3.31. The van der Waals surface area contributed by atoms with Crippen LogP contribution in [0.1, 0.15) is 37.8 Å². The molecular formula is C15H19ClO2. The molecule has 1 aromatic carbocycles. The summed E-state index contributed by atoms with van der Waals surface area (Å²) in [7, 11) is 0. The molecule has 0 fully saturated rings. The van der Waals surface area contributed by atoms with E-state index >= 15 is 0 Å². The van der Waals surface area contributed by atoms with Gasteiger partial charge in [0.2, 0.25) is 0 Å². The van der Waals surface area contributed by atoms with E-state index in [0.29, 0.717) is 18.1 Å². The van der Waals surface area contributed by atoms with Crippen LogP contribution in [0.2, 0.25) is 5.02 Å². The van der Waals surface area contributed by atoms with Gasteiger partial charge < -0.3 is 4.74 Å². The highest BCUT2D eigenvalue weighted by Crippen LogP contribution is 2.33. The molecule has 0 spiro atoms. The number of fused-ring (bicyclic) bond motifs is 1. The maximum absolute atomic E-state index is 12.1. The number of halogens is 1. The second-order valence-corrected chi connectivity index (χ2v) is 5.42. The Labute approximate surface area is 113 Å². The minimum absolute atomic E-state index is 0.117. The van der Waals surface area contributed by atoms with Gasteiger partial charge in [-0.05, 0) is 24.1 Å². The van der Waals surface area contributed by atoms with E-state index in [2.05, 4.69) is 6.92 Å². The summed E-state index contributed by atoms with van der Waals surface area (Å²) in [4.78, 5) is 12.1. The summed E-state index contributed by atoms with van der Waals surface area (Å²) in [5.41, 5.74) is 2.08. The number of hydrogen-bond acceptors (Lipinski definition) is 2. The Hall–Kier alpha value is -1.02. The van der Waals surface area contributed by atoms with Gasteiger partial charge in [0.25, 0.3) is 0 Å². The number of ketones is 1. The van der Waals surface area contributed by atoms with Gasteiger partial charge in [0.05, 0.1) is 6.61 Å². The van der Waals surface area contributed by atoms with E-state index in [1.807, 2.05) is 19.1 Å². The summed E-state index contributed by atoms with van der Waals surface area (Å²) in [6, 6.07) is 3.80. The van der Waals surface area contributed by atoms with Gasteiger partial charge in [-0.3, -0.25) is 4.79 Å². The Morgan fingerprint density at radius 2 is 2.28 bits per heavy atom. The number of Topliss-reactive ketones (excluding diaryl/α,β-unsaturated/α-hetero) is 1. The van der Waals surface area contributed by atoms with E-state index in [1.54, 1.807) is 0 Å². The largest absolute Gasteiger partial charge is 0.493 e. The molecule has 18 heavy (non-hydrogen) atoms. The summed E-state index contributed by atoms with van der Waals surface area (Å²) >= 11 is 6.09. The lowest BCUT2D eigenvalue weighted by atomic mass is 9.94. The third-order valence-electron chi connectivity index (χ3n) is 3.46. The molecule has 0 aliphatic carbocycles. The van der Waals surface area contributed by atoms with Crippen molar-refractivity contribution in [3.8, 4) is 5.75 Å². The van der Waals surface area contributed by atoms with Crippen molar-refractivity contribution in [3.05, 3.63) is 28.3 Å². The molecule has 0 N–H and O–H groups in total. The van der Waals surface area contributed by atoms with Crippen molar-refractivity contribution in [1.29, 1.82) is 0 Å². The summed E-state index contributed by atoms with van der Waals surface area (Å²) < 4.78 is 5.61. The van der Waals surface area contributed by atoms with E-state index in [4.69, 9.17) is 16.3 Å². The fourth-order valence-electron chi connectivity index (χ4n) is 2.43. The quantitative estimate of drug-likeness (QED) is 0.810. The molecule has 1 unspecified atom stereocenters. The van der Waals surface area contributed by atoms with Crippen LogP contribution < -0.4 is 4.74 Å². The van der Waals surface area contributed by atoms with Gasteiger partial charge in [-0.2, -0.15) is 0 Å². The molecule has 98 valence electrons. The zero-order valence-electron chi connectivity index (χ0n) is 11.0. The maximum atomic E-state index is 12.1. The molecule has 3 heteroatoms. The molecule has 1 atom stereocenters. The van der Waals surface area contributed by atoms with Crippen LogP contribution in [0.15, 0.2) is 12.1 Å². The van der Waals surface area contributed by atoms with E-state index in [-0.39, 0.29) is 11.7 Å². The first-order chi connectivity index (χ1) is 8.61. The van der Waals surface area contributed by atoms with Crippen LogP contribution in [0.25, 0.3) is 0 Å². The lowest BCUT2D eigenvalue weighted by Gasteiger charge is -2.12. The van der Waals surface area contributed by atoms with E-state index in [1.165, 1.54) is 0 Å². The van der Waals surface area contributed by atoms with Crippen LogP contribution in [-0.4, -0.2) is 12.4 Å². The molecule has 0 amide bonds. The topological polar surface area (TPSA) is 26.3 Å². The van der Waals surface area contributed by atoms with Crippen molar-refractivity contribution in [1.82, 2.24) is 0 Å². The molecule has 0 saturated heterocycles. The van der Waals surface area contributed by atoms with Crippen LogP contribution >= 0.6 is 11.6 Å². The van der Waals surface area contributed by atoms with Crippen molar-refractivity contribution < 1.29 is 9.53 Å². The molecule has 1 heterocycles. The van der Waals surface area contributed by atoms with Gasteiger partial charge in [-0.15, -0.1) is 0 Å². The monoisotopic (exact) mass is 266 g/mol. The van der Waals surface area contributed by atoms with Gasteiger partial charge in [0, 0.05) is 29.3 Å². The summed E-state index contributed by atoms with van der Waals surface area (Å²) in [5, 5.41) is 0.699. The van der Waals surface area contributed by atoms with E-state index in [0.717, 1.165) is 36.1 Å². The number of carbonyl (C=O) groups excluding carboxylic acids is 1. The Balaban J connectivity index is 2.17. The van der Waals surface area contributed by atoms with Crippen LogP contribution in [0.4, 0.5) is 0 Å². The summed E-state index contributed by atoms with van der Waals surface area (Å²) in [5.74, 6) is 1.28. The zero-order chi connectivity index (χ0) is 13.1.